The molecule has 0 saturated carbocycles. The molecule has 5 nitrogen and oxygen atoms in total. The Balaban J connectivity index is 1.57. The number of benzene rings is 1. The second kappa shape index (κ2) is 8.02. The molecule has 1 aromatic carbocycles. The fraction of sp³-hybridized carbons (Fsp3) is 0.474. The van der Waals surface area contributed by atoms with Gasteiger partial charge in [0.1, 0.15) is 0 Å². The van der Waals surface area contributed by atoms with Gasteiger partial charge in [0, 0.05) is 37.5 Å². The van der Waals surface area contributed by atoms with Gasteiger partial charge in [0.15, 0.2) is 11.7 Å². The SMILES string of the molecule is CC(N)C1CCCN(C(=O)CCc2ncc(-c3ccccc3Cl)o2)C1. The predicted octanol–water partition coefficient (Wildman–Crippen LogP) is 3.51. The second-order valence-electron chi connectivity index (χ2n) is 6.70. The summed E-state index contributed by atoms with van der Waals surface area (Å²) in [5.41, 5.74) is 6.80. The van der Waals surface area contributed by atoms with E-state index in [-0.39, 0.29) is 11.9 Å². The number of rotatable bonds is 5. The van der Waals surface area contributed by atoms with Crippen LogP contribution in [-0.4, -0.2) is 34.9 Å². The Bertz CT molecular complexity index is 729. The average molecular weight is 362 g/mol. The Morgan fingerprint density at radius 1 is 1.48 bits per heavy atom. The smallest absolute Gasteiger partial charge is 0.223 e. The number of nitrogens with two attached hydrogens (primary N) is 1. The molecule has 1 aliphatic rings. The van der Waals surface area contributed by atoms with Crippen LogP contribution >= 0.6 is 11.6 Å². The maximum absolute atomic E-state index is 12.5. The highest BCUT2D eigenvalue weighted by Crippen LogP contribution is 2.28. The van der Waals surface area contributed by atoms with Crippen LogP contribution in [0.15, 0.2) is 34.9 Å². The molecule has 1 aromatic heterocycles. The van der Waals surface area contributed by atoms with Crippen molar-refractivity contribution in [3.05, 3.63) is 41.4 Å². The fourth-order valence-corrected chi connectivity index (χ4v) is 3.48. The van der Waals surface area contributed by atoms with Gasteiger partial charge in [-0.1, -0.05) is 23.7 Å². The largest absolute Gasteiger partial charge is 0.441 e. The van der Waals surface area contributed by atoms with E-state index < -0.39 is 0 Å². The van der Waals surface area contributed by atoms with Gasteiger partial charge in [-0.25, -0.2) is 4.98 Å². The molecular formula is C19H24ClN3O2. The van der Waals surface area contributed by atoms with E-state index in [1.165, 1.54) is 0 Å². The number of aryl methyl sites for hydroxylation is 1. The summed E-state index contributed by atoms with van der Waals surface area (Å²) in [5, 5.41) is 0.622. The summed E-state index contributed by atoms with van der Waals surface area (Å²) in [5.74, 6) is 1.72. The van der Waals surface area contributed by atoms with Gasteiger partial charge >= 0.3 is 0 Å². The minimum atomic E-state index is 0.125. The van der Waals surface area contributed by atoms with Gasteiger partial charge < -0.3 is 15.1 Å². The lowest BCUT2D eigenvalue weighted by Gasteiger charge is -2.34. The molecule has 2 N–H and O–H groups in total. The van der Waals surface area contributed by atoms with Crippen molar-refractivity contribution in [1.29, 1.82) is 0 Å². The summed E-state index contributed by atoms with van der Waals surface area (Å²) in [7, 11) is 0. The van der Waals surface area contributed by atoms with Crippen molar-refractivity contribution in [2.75, 3.05) is 13.1 Å². The standard InChI is InChI=1S/C19H24ClN3O2/c1-13(21)14-5-4-10-23(12-14)19(24)9-8-18-22-11-17(25-18)15-6-2-3-7-16(15)20/h2-3,6-7,11,13-14H,4-5,8-10,12,21H2,1H3. The van der Waals surface area contributed by atoms with E-state index >= 15 is 0 Å². The molecule has 2 unspecified atom stereocenters. The number of oxazole rings is 1. The minimum Gasteiger partial charge on any atom is -0.441 e. The first-order chi connectivity index (χ1) is 12.0. The van der Waals surface area contributed by atoms with Crippen LogP contribution in [0.4, 0.5) is 0 Å². The van der Waals surface area contributed by atoms with E-state index in [9.17, 15) is 4.79 Å². The van der Waals surface area contributed by atoms with E-state index in [1.807, 2.05) is 36.1 Å². The van der Waals surface area contributed by atoms with Crippen LogP contribution in [0.1, 0.15) is 32.1 Å². The zero-order chi connectivity index (χ0) is 17.8. The molecular weight excluding hydrogens is 338 g/mol. The minimum absolute atomic E-state index is 0.125. The molecule has 1 fully saturated rings. The lowest BCUT2D eigenvalue weighted by molar-refractivity contribution is -0.133. The Labute approximate surface area is 153 Å². The van der Waals surface area contributed by atoms with Crippen molar-refractivity contribution >= 4 is 17.5 Å². The molecule has 3 rings (SSSR count). The van der Waals surface area contributed by atoms with E-state index in [4.69, 9.17) is 21.8 Å². The molecule has 6 heteroatoms. The van der Waals surface area contributed by atoms with Gasteiger partial charge in [-0.3, -0.25) is 4.79 Å². The Hall–Kier alpha value is -1.85. The van der Waals surface area contributed by atoms with Crippen LogP contribution in [0.5, 0.6) is 0 Å². The van der Waals surface area contributed by atoms with Crippen LogP contribution in [0.25, 0.3) is 11.3 Å². The fourth-order valence-electron chi connectivity index (χ4n) is 3.25. The first-order valence-corrected chi connectivity index (χ1v) is 9.15. The van der Waals surface area contributed by atoms with Gasteiger partial charge in [-0.05, 0) is 37.8 Å². The topological polar surface area (TPSA) is 72.4 Å². The van der Waals surface area contributed by atoms with Crippen molar-refractivity contribution in [2.45, 2.75) is 38.6 Å². The summed E-state index contributed by atoms with van der Waals surface area (Å²) in [6.45, 7) is 3.59. The molecule has 1 aliphatic heterocycles. The number of carbonyl (C=O) groups excluding carboxylic acids is 1. The van der Waals surface area contributed by atoms with E-state index in [1.54, 1.807) is 6.20 Å². The highest BCUT2D eigenvalue weighted by Gasteiger charge is 2.25. The molecule has 1 amide bonds. The van der Waals surface area contributed by atoms with Crippen molar-refractivity contribution in [2.24, 2.45) is 11.7 Å². The number of likely N-dealkylation sites (tertiary alicyclic amines) is 1. The Kier molecular flexibility index (Phi) is 5.76. The van der Waals surface area contributed by atoms with Crippen molar-refractivity contribution in [1.82, 2.24) is 9.88 Å². The molecule has 2 atom stereocenters. The molecule has 25 heavy (non-hydrogen) atoms. The van der Waals surface area contributed by atoms with Gasteiger partial charge in [-0.2, -0.15) is 0 Å². The third-order valence-corrected chi connectivity index (χ3v) is 5.13. The molecule has 0 aliphatic carbocycles. The van der Waals surface area contributed by atoms with Crippen LogP contribution in [0.2, 0.25) is 5.02 Å². The Morgan fingerprint density at radius 2 is 2.28 bits per heavy atom. The average Bonchev–Trinajstić information content (AvgIpc) is 3.09. The zero-order valence-corrected chi connectivity index (χ0v) is 15.2. The number of piperidine rings is 1. The van der Waals surface area contributed by atoms with Gasteiger partial charge in [0.05, 0.1) is 11.2 Å². The molecule has 0 bridgehead atoms. The van der Waals surface area contributed by atoms with Gasteiger partial charge in [0.25, 0.3) is 0 Å². The summed E-state index contributed by atoms with van der Waals surface area (Å²) in [6, 6.07) is 7.60. The quantitative estimate of drug-likeness (QED) is 0.884. The first-order valence-electron chi connectivity index (χ1n) is 8.77. The lowest BCUT2D eigenvalue weighted by Crippen LogP contribution is -2.45. The summed E-state index contributed by atoms with van der Waals surface area (Å²) in [6.07, 6.45) is 4.67. The van der Waals surface area contributed by atoms with Crippen LogP contribution < -0.4 is 5.73 Å². The lowest BCUT2D eigenvalue weighted by atomic mass is 9.92. The van der Waals surface area contributed by atoms with Gasteiger partial charge in [0.2, 0.25) is 5.91 Å². The summed E-state index contributed by atoms with van der Waals surface area (Å²) >= 11 is 6.18. The highest BCUT2D eigenvalue weighted by atomic mass is 35.5. The molecule has 134 valence electrons. The van der Waals surface area contributed by atoms with Crippen LogP contribution in [0, 0.1) is 5.92 Å². The van der Waals surface area contributed by atoms with Crippen LogP contribution in [0.3, 0.4) is 0 Å². The summed E-state index contributed by atoms with van der Waals surface area (Å²) < 4.78 is 5.76. The van der Waals surface area contributed by atoms with E-state index in [0.29, 0.717) is 35.4 Å². The second-order valence-corrected chi connectivity index (χ2v) is 7.11. The number of aromatic nitrogens is 1. The zero-order valence-electron chi connectivity index (χ0n) is 14.5. The third-order valence-electron chi connectivity index (χ3n) is 4.80. The van der Waals surface area contributed by atoms with Crippen molar-refractivity contribution in [3.8, 4) is 11.3 Å². The molecule has 0 radical (unpaired) electrons. The normalized spacial score (nSPS) is 19.0. The van der Waals surface area contributed by atoms with Crippen molar-refractivity contribution in [3.63, 3.8) is 0 Å². The number of amides is 1. The van der Waals surface area contributed by atoms with E-state index in [0.717, 1.165) is 31.5 Å². The molecule has 1 saturated heterocycles. The number of halogens is 1. The Morgan fingerprint density at radius 3 is 3.04 bits per heavy atom. The number of carbonyl (C=O) groups is 1. The predicted molar refractivity (Wildman–Crippen MR) is 98.2 cm³/mol. The van der Waals surface area contributed by atoms with Gasteiger partial charge in [-0.15, -0.1) is 0 Å². The summed E-state index contributed by atoms with van der Waals surface area (Å²) in [4.78, 5) is 18.7. The maximum atomic E-state index is 12.5. The maximum Gasteiger partial charge on any atom is 0.223 e. The molecule has 2 heterocycles. The van der Waals surface area contributed by atoms with E-state index in [2.05, 4.69) is 4.98 Å². The number of hydrogen-bond donors (Lipinski definition) is 1. The molecule has 0 spiro atoms. The first kappa shape index (κ1) is 18.0. The number of hydrogen-bond acceptors (Lipinski definition) is 4. The van der Waals surface area contributed by atoms with Crippen molar-refractivity contribution < 1.29 is 9.21 Å². The highest BCUT2D eigenvalue weighted by molar-refractivity contribution is 6.33. The van der Waals surface area contributed by atoms with Crippen LogP contribution in [-0.2, 0) is 11.2 Å². The monoisotopic (exact) mass is 361 g/mol. The third kappa shape index (κ3) is 4.41. The molecule has 2 aromatic rings. The number of nitrogens with zero attached hydrogens (tertiary/aromatic N) is 2.